The van der Waals surface area contributed by atoms with Crippen LogP contribution in [-0.2, 0) is 12.8 Å². The van der Waals surface area contributed by atoms with Crippen LogP contribution in [0.5, 0.6) is 0 Å². The summed E-state index contributed by atoms with van der Waals surface area (Å²) < 4.78 is 2.17. The van der Waals surface area contributed by atoms with Crippen molar-refractivity contribution in [1.82, 2.24) is 4.57 Å². The Morgan fingerprint density at radius 2 is 1.79 bits per heavy atom. The first-order chi connectivity index (χ1) is 9.25. The smallest absolute Gasteiger partial charge is 0.0489 e. The van der Waals surface area contributed by atoms with Gasteiger partial charge in [0.1, 0.15) is 0 Å². The van der Waals surface area contributed by atoms with Crippen LogP contribution in [0.3, 0.4) is 0 Å². The predicted octanol–water partition coefficient (Wildman–Crippen LogP) is 5.12. The molecule has 0 saturated heterocycles. The summed E-state index contributed by atoms with van der Waals surface area (Å²) >= 11 is 8.03. The van der Waals surface area contributed by atoms with Gasteiger partial charge in [0.05, 0.1) is 0 Å². The van der Waals surface area contributed by atoms with Crippen molar-refractivity contribution in [1.29, 1.82) is 0 Å². The number of rotatable bonds is 3. The number of halogens is 1. The lowest BCUT2D eigenvalue weighted by atomic mass is 10.2. The van der Waals surface area contributed by atoms with Crippen LogP contribution in [0.25, 0.3) is 10.9 Å². The summed E-state index contributed by atoms with van der Waals surface area (Å²) in [6.45, 7) is 0. The second-order valence-electron chi connectivity index (χ2n) is 4.50. The van der Waals surface area contributed by atoms with Gasteiger partial charge in [0.25, 0.3) is 0 Å². The average molecular weight is 288 g/mol. The highest BCUT2D eigenvalue weighted by atomic mass is 35.5. The first-order valence-electron chi connectivity index (χ1n) is 6.16. The van der Waals surface area contributed by atoms with E-state index >= 15 is 0 Å². The fourth-order valence-electron chi connectivity index (χ4n) is 2.19. The molecule has 0 fully saturated rings. The van der Waals surface area contributed by atoms with E-state index in [1.54, 1.807) is 0 Å². The second kappa shape index (κ2) is 5.32. The Balaban J connectivity index is 1.88. The third kappa shape index (κ3) is 2.51. The maximum Gasteiger partial charge on any atom is 0.0489 e. The summed E-state index contributed by atoms with van der Waals surface area (Å²) in [7, 11) is 2.09. The van der Waals surface area contributed by atoms with Gasteiger partial charge in [0.15, 0.2) is 0 Å². The highest BCUT2D eigenvalue weighted by Crippen LogP contribution is 2.32. The standard InChI is InChI=1S/C16H14ClNS/c1-18-10-16(13-7-3-5-9-15(13)18)19-11-12-6-2-4-8-14(12)17/h2-10H,11H2,1H3. The Morgan fingerprint density at radius 3 is 2.63 bits per heavy atom. The van der Waals surface area contributed by atoms with Gasteiger partial charge in [0.2, 0.25) is 0 Å². The molecule has 0 aliphatic rings. The van der Waals surface area contributed by atoms with Crippen LogP contribution < -0.4 is 0 Å². The maximum atomic E-state index is 6.20. The van der Waals surface area contributed by atoms with Crippen LogP contribution in [0.4, 0.5) is 0 Å². The van der Waals surface area contributed by atoms with E-state index in [-0.39, 0.29) is 0 Å². The fraction of sp³-hybridized carbons (Fsp3) is 0.125. The van der Waals surface area contributed by atoms with E-state index in [0.717, 1.165) is 10.8 Å². The minimum absolute atomic E-state index is 0.843. The molecule has 2 aromatic carbocycles. The molecule has 0 spiro atoms. The summed E-state index contributed by atoms with van der Waals surface area (Å²) in [4.78, 5) is 1.30. The Bertz CT molecular complexity index is 718. The topological polar surface area (TPSA) is 4.93 Å². The van der Waals surface area contributed by atoms with Gasteiger partial charge in [-0.05, 0) is 17.7 Å². The molecule has 96 valence electrons. The molecule has 3 rings (SSSR count). The van der Waals surface area contributed by atoms with Gasteiger partial charge in [-0.2, -0.15) is 0 Å². The number of aryl methyl sites for hydroxylation is 1. The molecule has 3 heteroatoms. The minimum atomic E-state index is 0.843. The van der Waals surface area contributed by atoms with Crippen LogP contribution in [0.2, 0.25) is 5.02 Å². The van der Waals surface area contributed by atoms with Gasteiger partial charge in [0, 0.05) is 39.8 Å². The molecule has 3 aromatic rings. The third-order valence-corrected chi connectivity index (χ3v) is 4.66. The molecule has 0 unspecified atom stereocenters. The zero-order chi connectivity index (χ0) is 13.2. The second-order valence-corrected chi connectivity index (χ2v) is 5.93. The Hall–Kier alpha value is -1.38. The lowest BCUT2D eigenvalue weighted by Gasteiger charge is -2.03. The van der Waals surface area contributed by atoms with Gasteiger partial charge in [-0.25, -0.2) is 0 Å². The number of hydrogen-bond acceptors (Lipinski definition) is 1. The molecule has 1 aromatic heterocycles. The van der Waals surface area contributed by atoms with Gasteiger partial charge < -0.3 is 4.57 Å². The van der Waals surface area contributed by atoms with Crippen LogP contribution in [0.15, 0.2) is 59.6 Å². The lowest BCUT2D eigenvalue weighted by molar-refractivity contribution is 0.957. The Kier molecular flexibility index (Phi) is 3.54. The van der Waals surface area contributed by atoms with Crippen molar-refractivity contribution < 1.29 is 0 Å². The minimum Gasteiger partial charge on any atom is -0.349 e. The molecule has 0 aliphatic heterocycles. The molecule has 0 N–H and O–H groups in total. The normalized spacial score (nSPS) is 11.1. The van der Waals surface area contributed by atoms with E-state index < -0.39 is 0 Å². The molecule has 0 radical (unpaired) electrons. The Labute approximate surface area is 122 Å². The van der Waals surface area contributed by atoms with Crippen molar-refractivity contribution in [2.45, 2.75) is 10.6 Å². The van der Waals surface area contributed by atoms with Crippen LogP contribution >= 0.6 is 23.4 Å². The van der Waals surface area contributed by atoms with Crippen LogP contribution in [-0.4, -0.2) is 4.57 Å². The SMILES string of the molecule is Cn1cc(SCc2ccccc2Cl)c2ccccc21. The summed E-state index contributed by atoms with van der Waals surface area (Å²) in [6.07, 6.45) is 2.19. The zero-order valence-electron chi connectivity index (χ0n) is 10.6. The monoisotopic (exact) mass is 287 g/mol. The number of aromatic nitrogens is 1. The molecule has 0 saturated carbocycles. The molecule has 19 heavy (non-hydrogen) atoms. The van der Waals surface area contributed by atoms with Crippen molar-refractivity contribution in [3.8, 4) is 0 Å². The molecule has 1 nitrogen and oxygen atoms in total. The highest BCUT2D eigenvalue weighted by molar-refractivity contribution is 7.98. The fourth-order valence-corrected chi connectivity index (χ4v) is 3.60. The largest absolute Gasteiger partial charge is 0.349 e. The van der Waals surface area contributed by atoms with Crippen LogP contribution in [0.1, 0.15) is 5.56 Å². The van der Waals surface area contributed by atoms with E-state index in [9.17, 15) is 0 Å². The molecule has 0 amide bonds. The quantitative estimate of drug-likeness (QED) is 0.605. The van der Waals surface area contributed by atoms with E-state index in [1.165, 1.54) is 21.4 Å². The molecule has 0 atom stereocenters. The number of benzene rings is 2. The number of nitrogens with zero attached hydrogens (tertiary/aromatic N) is 1. The van der Waals surface area contributed by atoms with Crippen molar-refractivity contribution in [2.24, 2.45) is 7.05 Å². The summed E-state index contributed by atoms with van der Waals surface area (Å²) in [5.74, 6) is 0.897. The maximum absolute atomic E-state index is 6.20. The molecule has 1 heterocycles. The highest BCUT2D eigenvalue weighted by Gasteiger charge is 2.07. The van der Waals surface area contributed by atoms with E-state index in [0.29, 0.717) is 0 Å². The van der Waals surface area contributed by atoms with Crippen LogP contribution in [0, 0.1) is 0 Å². The first-order valence-corrected chi connectivity index (χ1v) is 7.52. The summed E-state index contributed by atoms with van der Waals surface area (Å²) in [6, 6.07) is 16.5. The van der Waals surface area contributed by atoms with E-state index in [4.69, 9.17) is 11.6 Å². The number of thioether (sulfide) groups is 1. The van der Waals surface area contributed by atoms with Gasteiger partial charge in [-0.1, -0.05) is 48.0 Å². The van der Waals surface area contributed by atoms with Crippen molar-refractivity contribution in [3.05, 3.63) is 65.3 Å². The summed E-state index contributed by atoms with van der Waals surface area (Å²) in [5, 5.41) is 2.15. The third-order valence-electron chi connectivity index (χ3n) is 3.20. The Morgan fingerprint density at radius 1 is 1.05 bits per heavy atom. The zero-order valence-corrected chi connectivity index (χ0v) is 12.2. The van der Waals surface area contributed by atoms with Gasteiger partial charge >= 0.3 is 0 Å². The molecular weight excluding hydrogens is 274 g/mol. The number of fused-ring (bicyclic) bond motifs is 1. The van der Waals surface area contributed by atoms with Crippen molar-refractivity contribution >= 4 is 34.3 Å². The summed E-state index contributed by atoms with van der Waals surface area (Å²) in [5.41, 5.74) is 2.45. The average Bonchev–Trinajstić information content (AvgIpc) is 2.75. The molecule has 0 aliphatic carbocycles. The first kappa shape index (κ1) is 12.6. The molecular formula is C16H14ClNS. The van der Waals surface area contributed by atoms with Crippen molar-refractivity contribution in [3.63, 3.8) is 0 Å². The van der Waals surface area contributed by atoms with Gasteiger partial charge in [-0.3, -0.25) is 0 Å². The number of hydrogen-bond donors (Lipinski definition) is 0. The lowest BCUT2D eigenvalue weighted by Crippen LogP contribution is -1.82. The van der Waals surface area contributed by atoms with Crippen molar-refractivity contribution in [2.75, 3.05) is 0 Å². The predicted molar refractivity (Wildman–Crippen MR) is 83.9 cm³/mol. The van der Waals surface area contributed by atoms with E-state index in [2.05, 4.69) is 48.1 Å². The van der Waals surface area contributed by atoms with E-state index in [1.807, 2.05) is 30.0 Å². The van der Waals surface area contributed by atoms with Gasteiger partial charge in [-0.15, -0.1) is 11.8 Å². The molecule has 0 bridgehead atoms. The number of para-hydroxylation sites is 1.